The van der Waals surface area contributed by atoms with Crippen LogP contribution in [0.25, 0.3) is 0 Å². The van der Waals surface area contributed by atoms with Crippen LogP contribution in [-0.2, 0) is 6.54 Å². The van der Waals surface area contributed by atoms with E-state index in [1.807, 2.05) is 42.1 Å². The summed E-state index contributed by atoms with van der Waals surface area (Å²) < 4.78 is 2.85. The zero-order chi connectivity index (χ0) is 14.5. The molecule has 4 nitrogen and oxygen atoms in total. The summed E-state index contributed by atoms with van der Waals surface area (Å²) in [5, 5.41) is 17.7. The summed E-state index contributed by atoms with van der Waals surface area (Å²) in [5.74, 6) is 0. The standard InChI is InChI=1S/C15H20BrN3O/c1-11-4-3-5-13(6-11)15(20)8-17-12(2)9-19-10-14(16)7-18-19/h3-7,10,12,15,17,20H,8-9H2,1-2H3/t12-,15+/m0/s1. The van der Waals surface area contributed by atoms with Gasteiger partial charge in [0, 0.05) is 18.8 Å². The maximum absolute atomic E-state index is 10.2. The number of halogens is 1. The van der Waals surface area contributed by atoms with Crippen LogP contribution in [0.5, 0.6) is 0 Å². The van der Waals surface area contributed by atoms with E-state index in [0.717, 1.165) is 22.1 Å². The summed E-state index contributed by atoms with van der Waals surface area (Å²) >= 11 is 3.38. The molecule has 0 aliphatic carbocycles. The molecule has 0 radical (unpaired) electrons. The first-order valence-corrected chi connectivity index (χ1v) is 7.50. The first-order chi connectivity index (χ1) is 9.54. The molecule has 20 heavy (non-hydrogen) atoms. The van der Waals surface area contributed by atoms with Crippen molar-refractivity contribution >= 4 is 15.9 Å². The second-order valence-corrected chi connectivity index (χ2v) is 6.04. The van der Waals surface area contributed by atoms with Gasteiger partial charge in [0.25, 0.3) is 0 Å². The Hall–Kier alpha value is -1.17. The molecule has 0 fully saturated rings. The van der Waals surface area contributed by atoms with Crippen molar-refractivity contribution in [2.75, 3.05) is 6.54 Å². The zero-order valence-electron chi connectivity index (χ0n) is 11.8. The molecule has 0 spiro atoms. The highest BCUT2D eigenvalue weighted by Crippen LogP contribution is 2.13. The van der Waals surface area contributed by atoms with E-state index < -0.39 is 6.10 Å². The van der Waals surface area contributed by atoms with Gasteiger partial charge in [0.1, 0.15) is 0 Å². The summed E-state index contributed by atoms with van der Waals surface area (Å²) in [6.45, 7) is 5.42. The van der Waals surface area contributed by atoms with E-state index in [0.29, 0.717) is 6.54 Å². The molecule has 0 saturated carbocycles. The number of hydrogen-bond acceptors (Lipinski definition) is 3. The van der Waals surface area contributed by atoms with E-state index in [9.17, 15) is 5.11 Å². The van der Waals surface area contributed by atoms with Gasteiger partial charge in [-0.15, -0.1) is 0 Å². The van der Waals surface area contributed by atoms with Gasteiger partial charge < -0.3 is 10.4 Å². The monoisotopic (exact) mass is 337 g/mol. The third-order valence-corrected chi connectivity index (χ3v) is 3.56. The first kappa shape index (κ1) is 15.2. The lowest BCUT2D eigenvalue weighted by Crippen LogP contribution is -2.33. The Kier molecular flexibility index (Phi) is 5.34. The average Bonchev–Trinajstić information content (AvgIpc) is 2.81. The fourth-order valence-corrected chi connectivity index (χ4v) is 2.42. The predicted octanol–water partition coefficient (Wildman–Crippen LogP) is 2.67. The Morgan fingerprint density at radius 3 is 2.90 bits per heavy atom. The van der Waals surface area contributed by atoms with E-state index in [1.54, 1.807) is 6.20 Å². The van der Waals surface area contributed by atoms with Crippen LogP contribution in [0.1, 0.15) is 24.2 Å². The van der Waals surface area contributed by atoms with E-state index >= 15 is 0 Å². The summed E-state index contributed by atoms with van der Waals surface area (Å²) in [4.78, 5) is 0. The molecule has 5 heteroatoms. The second-order valence-electron chi connectivity index (χ2n) is 5.12. The SMILES string of the molecule is Cc1cccc([C@H](O)CN[C@@H](C)Cn2cc(Br)cn2)c1. The molecule has 0 saturated heterocycles. The number of rotatable bonds is 6. The lowest BCUT2D eigenvalue weighted by molar-refractivity contribution is 0.169. The van der Waals surface area contributed by atoms with Crippen LogP contribution in [0, 0.1) is 6.92 Å². The van der Waals surface area contributed by atoms with Gasteiger partial charge in [0.15, 0.2) is 0 Å². The van der Waals surface area contributed by atoms with Gasteiger partial charge in [-0.05, 0) is 35.3 Å². The molecule has 0 amide bonds. The van der Waals surface area contributed by atoms with Gasteiger partial charge >= 0.3 is 0 Å². The van der Waals surface area contributed by atoms with Crippen molar-refractivity contribution in [3.63, 3.8) is 0 Å². The lowest BCUT2D eigenvalue weighted by atomic mass is 10.1. The third-order valence-electron chi connectivity index (χ3n) is 3.15. The number of aryl methyl sites for hydroxylation is 1. The van der Waals surface area contributed by atoms with Crippen molar-refractivity contribution in [1.82, 2.24) is 15.1 Å². The maximum Gasteiger partial charge on any atom is 0.0914 e. The van der Waals surface area contributed by atoms with Gasteiger partial charge in [-0.2, -0.15) is 5.10 Å². The summed E-state index contributed by atoms with van der Waals surface area (Å²) in [5.41, 5.74) is 2.11. The summed E-state index contributed by atoms with van der Waals surface area (Å²) in [7, 11) is 0. The van der Waals surface area contributed by atoms with Crippen molar-refractivity contribution in [2.24, 2.45) is 0 Å². The Balaban J connectivity index is 1.82. The van der Waals surface area contributed by atoms with E-state index in [2.05, 4.69) is 33.3 Å². The average molecular weight is 338 g/mol. The predicted molar refractivity (Wildman–Crippen MR) is 83.5 cm³/mol. The van der Waals surface area contributed by atoms with Crippen LogP contribution >= 0.6 is 15.9 Å². The fraction of sp³-hybridized carbons (Fsp3) is 0.400. The molecule has 108 valence electrons. The molecule has 0 aliphatic rings. The number of aliphatic hydroxyl groups is 1. The number of aliphatic hydroxyl groups excluding tert-OH is 1. The van der Waals surface area contributed by atoms with Gasteiger partial charge in [0.2, 0.25) is 0 Å². The van der Waals surface area contributed by atoms with Gasteiger partial charge in [-0.1, -0.05) is 29.8 Å². The first-order valence-electron chi connectivity index (χ1n) is 6.70. The number of benzene rings is 1. The van der Waals surface area contributed by atoms with Crippen LogP contribution in [0.3, 0.4) is 0 Å². The summed E-state index contributed by atoms with van der Waals surface area (Å²) in [6.07, 6.45) is 3.23. The Morgan fingerprint density at radius 1 is 1.45 bits per heavy atom. The van der Waals surface area contributed by atoms with Crippen LogP contribution in [0.2, 0.25) is 0 Å². The highest BCUT2D eigenvalue weighted by atomic mass is 79.9. The molecule has 0 unspecified atom stereocenters. The van der Waals surface area contributed by atoms with Crippen molar-refractivity contribution in [3.05, 3.63) is 52.3 Å². The Morgan fingerprint density at radius 2 is 2.25 bits per heavy atom. The number of nitrogens with zero attached hydrogens (tertiary/aromatic N) is 2. The molecule has 1 aromatic carbocycles. The third kappa shape index (κ3) is 4.44. The number of nitrogens with one attached hydrogen (secondary N) is 1. The van der Waals surface area contributed by atoms with Crippen LogP contribution < -0.4 is 5.32 Å². The van der Waals surface area contributed by atoms with Gasteiger partial charge in [-0.3, -0.25) is 4.68 Å². The smallest absolute Gasteiger partial charge is 0.0914 e. The zero-order valence-corrected chi connectivity index (χ0v) is 13.3. The largest absolute Gasteiger partial charge is 0.387 e. The van der Waals surface area contributed by atoms with Crippen molar-refractivity contribution < 1.29 is 5.11 Å². The molecule has 2 atom stereocenters. The van der Waals surface area contributed by atoms with Crippen LogP contribution in [0.15, 0.2) is 41.1 Å². The van der Waals surface area contributed by atoms with Crippen molar-refractivity contribution in [1.29, 1.82) is 0 Å². The van der Waals surface area contributed by atoms with Crippen molar-refractivity contribution in [2.45, 2.75) is 32.5 Å². The number of aromatic nitrogens is 2. The Bertz CT molecular complexity index is 556. The van der Waals surface area contributed by atoms with Crippen LogP contribution in [-0.4, -0.2) is 27.5 Å². The van der Waals surface area contributed by atoms with Gasteiger partial charge in [-0.25, -0.2) is 0 Å². The molecular weight excluding hydrogens is 318 g/mol. The highest BCUT2D eigenvalue weighted by Gasteiger charge is 2.10. The molecule has 2 N–H and O–H groups in total. The molecule has 0 aliphatic heterocycles. The molecule has 1 heterocycles. The molecule has 1 aromatic heterocycles. The highest BCUT2D eigenvalue weighted by molar-refractivity contribution is 9.10. The maximum atomic E-state index is 10.2. The summed E-state index contributed by atoms with van der Waals surface area (Å²) in [6, 6.07) is 8.21. The Labute approximate surface area is 127 Å². The van der Waals surface area contributed by atoms with E-state index in [1.165, 1.54) is 0 Å². The van der Waals surface area contributed by atoms with Crippen molar-refractivity contribution in [3.8, 4) is 0 Å². The number of hydrogen-bond donors (Lipinski definition) is 2. The molecule has 0 bridgehead atoms. The normalized spacial score (nSPS) is 14.2. The minimum Gasteiger partial charge on any atom is -0.387 e. The van der Waals surface area contributed by atoms with Gasteiger partial charge in [0.05, 0.1) is 23.3 Å². The molecule has 2 aromatic rings. The van der Waals surface area contributed by atoms with E-state index in [4.69, 9.17) is 0 Å². The second kappa shape index (κ2) is 7.02. The minimum atomic E-state index is -0.485. The topological polar surface area (TPSA) is 50.1 Å². The lowest BCUT2D eigenvalue weighted by Gasteiger charge is -2.17. The van der Waals surface area contributed by atoms with Crippen LogP contribution in [0.4, 0.5) is 0 Å². The fourth-order valence-electron chi connectivity index (χ4n) is 2.09. The minimum absolute atomic E-state index is 0.237. The molecule has 2 rings (SSSR count). The van der Waals surface area contributed by atoms with E-state index in [-0.39, 0.29) is 6.04 Å². The molecular formula is C15H20BrN3O. The quantitative estimate of drug-likeness (QED) is 0.851.